The summed E-state index contributed by atoms with van der Waals surface area (Å²) >= 11 is 0. The minimum atomic E-state index is -0.279. The van der Waals surface area contributed by atoms with Gasteiger partial charge in [-0.05, 0) is 76.2 Å². The van der Waals surface area contributed by atoms with Gasteiger partial charge in [0, 0.05) is 16.7 Å². The summed E-state index contributed by atoms with van der Waals surface area (Å²) < 4.78 is 0. The average Bonchev–Trinajstić information content (AvgIpc) is 2.94. The van der Waals surface area contributed by atoms with Gasteiger partial charge in [0.2, 0.25) is 0 Å². The Morgan fingerprint density at radius 2 is 1.47 bits per heavy atom. The van der Waals surface area contributed by atoms with Crippen molar-refractivity contribution >= 4 is 29.4 Å². The molecule has 2 nitrogen and oxygen atoms in total. The van der Waals surface area contributed by atoms with Crippen LogP contribution in [0.15, 0.2) is 91.5 Å². The van der Waals surface area contributed by atoms with Crippen molar-refractivity contribution in [2.45, 2.75) is 46.5 Å². The molecule has 182 valence electrons. The zero-order chi connectivity index (χ0) is 25.9. The van der Waals surface area contributed by atoms with E-state index in [4.69, 9.17) is 0 Å². The Morgan fingerprint density at radius 3 is 2.08 bits per heavy atom. The average molecular weight is 474 g/mol. The van der Waals surface area contributed by atoms with Crippen LogP contribution in [0.2, 0.25) is 0 Å². The number of aryl methyl sites for hydroxylation is 1. The van der Waals surface area contributed by atoms with E-state index in [2.05, 4.69) is 99.0 Å². The first-order valence-electron chi connectivity index (χ1n) is 12.8. The Hall–Kier alpha value is -3.91. The van der Waals surface area contributed by atoms with Crippen molar-refractivity contribution in [3.8, 4) is 11.1 Å². The maximum Gasteiger partial charge on any atom is 0.150 e. The van der Waals surface area contributed by atoms with Crippen LogP contribution < -0.4 is 4.90 Å². The molecule has 0 saturated carbocycles. The second-order valence-corrected chi connectivity index (χ2v) is 9.36. The Kier molecular flexibility index (Phi) is 7.26. The van der Waals surface area contributed by atoms with E-state index >= 15 is 0 Å². The molecule has 36 heavy (non-hydrogen) atoms. The van der Waals surface area contributed by atoms with E-state index in [0.29, 0.717) is 5.56 Å². The molecule has 0 amide bonds. The number of anilines is 3. The third-order valence-electron chi connectivity index (χ3n) is 7.07. The van der Waals surface area contributed by atoms with Crippen LogP contribution in [0.5, 0.6) is 0 Å². The molecule has 4 aromatic carbocycles. The molecule has 0 fully saturated rings. The normalized spacial score (nSPS) is 13.1. The van der Waals surface area contributed by atoms with Gasteiger partial charge in [-0.15, -0.1) is 0 Å². The van der Waals surface area contributed by atoms with Gasteiger partial charge in [0.15, 0.2) is 0 Å². The lowest BCUT2D eigenvalue weighted by Crippen LogP contribution is -2.32. The number of rotatable bonds is 5. The molecular weight excluding hydrogens is 438 g/mol. The first-order valence-corrected chi connectivity index (χ1v) is 12.8. The molecule has 4 aromatic rings. The van der Waals surface area contributed by atoms with Crippen LogP contribution in [0.3, 0.4) is 0 Å². The van der Waals surface area contributed by atoms with Crippen LogP contribution >= 0.6 is 0 Å². The predicted octanol–water partition coefficient (Wildman–Crippen LogP) is 9.51. The highest BCUT2D eigenvalue weighted by molar-refractivity contribution is 5.90. The number of benzene rings is 4. The number of nitrogens with zero attached hydrogens (tertiary/aromatic N) is 1. The van der Waals surface area contributed by atoms with Crippen molar-refractivity contribution < 1.29 is 4.79 Å². The number of aldehydes is 1. The van der Waals surface area contributed by atoms with Crippen LogP contribution in [-0.2, 0) is 11.8 Å². The summed E-state index contributed by atoms with van der Waals surface area (Å²) in [7, 11) is 0. The highest BCUT2D eigenvalue weighted by Gasteiger charge is 2.39. The molecule has 0 spiro atoms. The van der Waals surface area contributed by atoms with E-state index in [1.807, 2.05) is 38.1 Å². The van der Waals surface area contributed by atoms with Gasteiger partial charge >= 0.3 is 0 Å². The van der Waals surface area contributed by atoms with Gasteiger partial charge in [-0.3, -0.25) is 4.79 Å². The number of hydrogen-bond acceptors (Lipinski definition) is 2. The summed E-state index contributed by atoms with van der Waals surface area (Å²) in [5, 5.41) is 0. The fraction of sp³-hybridized carbons (Fsp3) is 0.206. The van der Waals surface area contributed by atoms with Crippen LogP contribution in [0.25, 0.3) is 17.2 Å². The molecular formula is C34H35NO. The smallest absolute Gasteiger partial charge is 0.150 e. The Bertz CT molecular complexity index is 1380. The van der Waals surface area contributed by atoms with E-state index in [1.54, 1.807) is 0 Å². The van der Waals surface area contributed by atoms with Gasteiger partial charge in [-0.1, -0.05) is 95.8 Å². The van der Waals surface area contributed by atoms with Gasteiger partial charge in [0.05, 0.1) is 11.4 Å². The molecule has 0 atom stereocenters. The summed E-state index contributed by atoms with van der Waals surface area (Å²) in [6, 6.07) is 29.7. The van der Waals surface area contributed by atoms with Crippen molar-refractivity contribution in [3.63, 3.8) is 0 Å². The Labute approximate surface area is 215 Å². The molecule has 0 N–H and O–H groups in total. The summed E-state index contributed by atoms with van der Waals surface area (Å²) in [5.74, 6) is 0. The number of carbonyl (C=O) groups excluding carboxylic acids is 1. The highest BCUT2D eigenvalue weighted by atomic mass is 16.1. The molecule has 0 unspecified atom stereocenters. The van der Waals surface area contributed by atoms with Crippen LogP contribution in [0, 0.1) is 0 Å². The lowest BCUT2D eigenvalue weighted by molar-refractivity contribution is 0.112. The molecule has 0 aromatic heterocycles. The quantitative estimate of drug-likeness (QED) is 0.269. The largest absolute Gasteiger partial charge is 0.310 e. The lowest BCUT2D eigenvalue weighted by atomic mass is 9.70. The minimum absolute atomic E-state index is 0.279. The van der Waals surface area contributed by atoms with Gasteiger partial charge in [0.25, 0.3) is 0 Å². The van der Waals surface area contributed by atoms with Gasteiger partial charge in [0.1, 0.15) is 6.29 Å². The van der Waals surface area contributed by atoms with E-state index in [1.165, 1.54) is 27.8 Å². The fourth-order valence-corrected chi connectivity index (χ4v) is 5.33. The zero-order valence-corrected chi connectivity index (χ0v) is 22.0. The molecule has 0 radical (unpaired) electrons. The molecule has 0 saturated heterocycles. The maximum atomic E-state index is 11.7. The van der Waals surface area contributed by atoms with E-state index in [-0.39, 0.29) is 5.41 Å². The third kappa shape index (κ3) is 4.18. The lowest BCUT2D eigenvalue weighted by Gasteiger charge is -2.43. The molecule has 1 aliphatic rings. The first-order chi connectivity index (χ1) is 17.5. The van der Waals surface area contributed by atoms with Crippen LogP contribution in [0.4, 0.5) is 17.1 Å². The molecule has 0 bridgehead atoms. The van der Waals surface area contributed by atoms with Crippen molar-refractivity contribution in [2.24, 2.45) is 0 Å². The van der Waals surface area contributed by atoms with E-state index in [9.17, 15) is 4.79 Å². The SMILES string of the molecule is C=Cc1c(CC)ccc2c1C(C)(C)c1cc(C=O)ccc1N2c1ccc(-c2ccccc2)cc1.CC. The number of carbonyl (C=O) groups is 1. The standard InChI is InChI=1S/C32H29NO.C2H6/c1-5-23-15-19-30-31(27(23)6-2)32(3,4)28-20-22(21-34)12-18-29(28)33(30)26-16-13-25(14-17-26)24-10-8-7-9-11-24;1-2/h6-21H,2,5H2,1,3-4H3;1-2H3. The zero-order valence-electron chi connectivity index (χ0n) is 22.0. The monoisotopic (exact) mass is 473 g/mol. The third-order valence-corrected chi connectivity index (χ3v) is 7.07. The van der Waals surface area contributed by atoms with Crippen LogP contribution in [0.1, 0.15) is 67.2 Å². The highest BCUT2D eigenvalue weighted by Crippen LogP contribution is 2.53. The van der Waals surface area contributed by atoms with Crippen LogP contribution in [-0.4, -0.2) is 6.29 Å². The Morgan fingerprint density at radius 1 is 0.833 bits per heavy atom. The predicted molar refractivity (Wildman–Crippen MR) is 155 cm³/mol. The maximum absolute atomic E-state index is 11.7. The molecule has 1 heterocycles. The van der Waals surface area contributed by atoms with Crippen molar-refractivity contribution in [3.05, 3.63) is 119 Å². The summed E-state index contributed by atoms with van der Waals surface area (Å²) in [4.78, 5) is 14.0. The van der Waals surface area contributed by atoms with Crippen molar-refractivity contribution in [1.82, 2.24) is 0 Å². The van der Waals surface area contributed by atoms with E-state index in [0.717, 1.165) is 35.3 Å². The molecule has 1 aliphatic heterocycles. The second-order valence-electron chi connectivity index (χ2n) is 9.36. The summed E-state index contributed by atoms with van der Waals surface area (Å²) in [6.07, 6.45) is 3.87. The Balaban J connectivity index is 0.00000148. The number of hydrogen-bond donors (Lipinski definition) is 0. The van der Waals surface area contributed by atoms with Crippen molar-refractivity contribution in [1.29, 1.82) is 0 Å². The van der Waals surface area contributed by atoms with Gasteiger partial charge in [-0.2, -0.15) is 0 Å². The van der Waals surface area contributed by atoms with E-state index < -0.39 is 0 Å². The van der Waals surface area contributed by atoms with Gasteiger partial charge in [-0.25, -0.2) is 0 Å². The molecule has 5 rings (SSSR count). The second kappa shape index (κ2) is 10.4. The molecule has 0 aliphatic carbocycles. The summed E-state index contributed by atoms with van der Waals surface area (Å²) in [6.45, 7) is 14.9. The first kappa shape index (κ1) is 25.2. The summed E-state index contributed by atoms with van der Waals surface area (Å²) in [5.41, 5.74) is 11.0. The van der Waals surface area contributed by atoms with Gasteiger partial charge < -0.3 is 4.90 Å². The fourth-order valence-electron chi connectivity index (χ4n) is 5.33. The topological polar surface area (TPSA) is 20.3 Å². The number of fused-ring (bicyclic) bond motifs is 2. The molecule has 2 heteroatoms. The minimum Gasteiger partial charge on any atom is -0.310 e. The van der Waals surface area contributed by atoms with Crippen molar-refractivity contribution in [2.75, 3.05) is 4.90 Å².